The fourth-order valence-corrected chi connectivity index (χ4v) is 3.75. The molecular weight excluding hydrogens is 359 g/mol. The van der Waals surface area contributed by atoms with E-state index in [2.05, 4.69) is 5.32 Å². The summed E-state index contributed by atoms with van der Waals surface area (Å²) >= 11 is 5.70. The summed E-state index contributed by atoms with van der Waals surface area (Å²) in [6.07, 6.45) is 0. The fourth-order valence-electron chi connectivity index (χ4n) is 2.32. The van der Waals surface area contributed by atoms with Crippen molar-refractivity contribution in [2.45, 2.75) is 10.9 Å². The zero-order chi connectivity index (χ0) is 17.5. The molecule has 0 bridgehead atoms. The summed E-state index contributed by atoms with van der Waals surface area (Å²) in [4.78, 5) is 24.2. The van der Waals surface area contributed by atoms with Crippen LogP contribution in [0.4, 0.5) is 9.18 Å². The highest BCUT2D eigenvalue weighted by atomic mass is 35.5. The van der Waals surface area contributed by atoms with E-state index in [-0.39, 0.29) is 14.8 Å². The number of sulfonamides is 1. The van der Waals surface area contributed by atoms with Gasteiger partial charge in [0, 0.05) is 10.6 Å². The Morgan fingerprint density at radius 1 is 1.04 bits per heavy atom. The topological polar surface area (TPSA) is 83.6 Å². The molecule has 0 radical (unpaired) electrons. The van der Waals surface area contributed by atoms with Crippen molar-refractivity contribution in [3.05, 3.63) is 64.9 Å². The number of carbonyl (C=O) groups is 2. The lowest BCUT2D eigenvalue weighted by Gasteiger charge is -2.14. The van der Waals surface area contributed by atoms with Gasteiger partial charge in [0.25, 0.3) is 15.9 Å². The van der Waals surface area contributed by atoms with Crippen LogP contribution in [0.2, 0.25) is 5.02 Å². The summed E-state index contributed by atoms with van der Waals surface area (Å²) in [5, 5.41) is 2.49. The van der Waals surface area contributed by atoms with Crippen LogP contribution in [0.5, 0.6) is 0 Å². The summed E-state index contributed by atoms with van der Waals surface area (Å²) in [6, 6.07) is 7.77. The minimum atomic E-state index is -4.42. The van der Waals surface area contributed by atoms with Crippen LogP contribution in [-0.4, -0.2) is 24.7 Å². The number of hydrogen-bond acceptors (Lipinski definition) is 4. The second-order valence-corrected chi connectivity index (χ2v) is 7.19. The van der Waals surface area contributed by atoms with E-state index in [1.807, 2.05) is 0 Å². The Balaban J connectivity index is 2.01. The lowest BCUT2D eigenvalue weighted by atomic mass is 10.1. The number of carbonyl (C=O) groups excluding carboxylic acids is 2. The first kappa shape index (κ1) is 16.4. The molecule has 0 spiro atoms. The molecule has 0 unspecified atom stereocenters. The van der Waals surface area contributed by atoms with Gasteiger partial charge in [0.1, 0.15) is 11.9 Å². The van der Waals surface area contributed by atoms with E-state index >= 15 is 0 Å². The van der Waals surface area contributed by atoms with Crippen molar-refractivity contribution in [3.63, 3.8) is 0 Å². The van der Waals surface area contributed by atoms with Crippen LogP contribution < -0.4 is 5.32 Å². The van der Waals surface area contributed by atoms with Gasteiger partial charge in [-0.3, -0.25) is 4.79 Å². The first-order valence-corrected chi connectivity index (χ1v) is 8.54. The first-order chi connectivity index (χ1) is 11.3. The van der Waals surface area contributed by atoms with E-state index in [0.717, 1.165) is 6.07 Å². The third-order valence-corrected chi connectivity index (χ3v) is 5.41. The Labute approximate surface area is 141 Å². The van der Waals surface area contributed by atoms with Crippen molar-refractivity contribution in [2.24, 2.45) is 0 Å². The molecule has 124 valence electrons. The Hall–Kier alpha value is -2.45. The van der Waals surface area contributed by atoms with Crippen LogP contribution in [0, 0.1) is 5.82 Å². The van der Waals surface area contributed by atoms with E-state index in [1.165, 1.54) is 42.5 Å². The average molecular weight is 369 g/mol. The molecule has 1 saturated heterocycles. The van der Waals surface area contributed by atoms with Crippen molar-refractivity contribution in [1.29, 1.82) is 0 Å². The fraction of sp³-hybridized carbons (Fsp3) is 0.0667. The van der Waals surface area contributed by atoms with Gasteiger partial charge in [0.15, 0.2) is 0 Å². The number of nitrogens with one attached hydrogen (secondary N) is 1. The van der Waals surface area contributed by atoms with E-state index in [0.29, 0.717) is 5.02 Å². The molecule has 3 amide bonds. The maximum Gasteiger partial charge on any atom is 0.339 e. The van der Waals surface area contributed by atoms with Gasteiger partial charge >= 0.3 is 6.03 Å². The third-order valence-electron chi connectivity index (χ3n) is 3.47. The van der Waals surface area contributed by atoms with Gasteiger partial charge in [-0.15, -0.1) is 4.31 Å². The van der Waals surface area contributed by atoms with Gasteiger partial charge in [-0.1, -0.05) is 29.8 Å². The number of nitrogens with zero attached hydrogens (tertiary/aromatic N) is 1. The predicted octanol–water partition coefficient (Wildman–Crippen LogP) is 2.46. The van der Waals surface area contributed by atoms with Crippen LogP contribution in [0.25, 0.3) is 0 Å². The molecule has 9 heteroatoms. The minimum absolute atomic E-state index is 0.105. The van der Waals surface area contributed by atoms with Gasteiger partial charge in [-0.2, -0.15) is 0 Å². The van der Waals surface area contributed by atoms with Crippen LogP contribution >= 0.6 is 11.6 Å². The third kappa shape index (κ3) is 2.63. The number of halogens is 2. The predicted molar refractivity (Wildman–Crippen MR) is 83.2 cm³/mol. The van der Waals surface area contributed by atoms with Crippen LogP contribution in [0.3, 0.4) is 0 Å². The molecule has 3 rings (SSSR count). The molecule has 24 heavy (non-hydrogen) atoms. The van der Waals surface area contributed by atoms with Crippen LogP contribution in [0.1, 0.15) is 11.6 Å². The Bertz CT molecular complexity index is 931. The second-order valence-electron chi connectivity index (χ2n) is 4.97. The minimum Gasteiger partial charge on any atom is -0.321 e. The second kappa shape index (κ2) is 5.88. The summed E-state index contributed by atoms with van der Waals surface area (Å²) in [5.41, 5.74) is -0.107. The first-order valence-electron chi connectivity index (χ1n) is 6.72. The lowest BCUT2D eigenvalue weighted by molar-refractivity contribution is -0.124. The summed E-state index contributed by atoms with van der Waals surface area (Å²) in [7, 11) is -4.42. The van der Waals surface area contributed by atoms with Crippen molar-refractivity contribution in [3.8, 4) is 0 Å². The molecular formula is C15H10ClFN2O4S. The molecule has 1 N–H and O–H groups in total. The van der Waals surface area contributed by atoms with Crippen molar-refractivity contribution < 1.29 is 22.4 Å². The number of urea groups is 1. The molecule has 1 fully saturated rings. The zero-order valence-corrected chi connectivity index (χ0v) is 13.5. The number of hydrogen-bond donors (Lipinski definition) is 1. The highest BCUT2D eigenvalue weighted by Crippen LogP contribution is 2.29. The van der Waals surface area contributed by atoms with Gasteiger partial charge in [0.05, 0.1) is 4.90 Å². The normalized spacial score (nSPS) is 17.9. The lowest BCUT2D eigenvalue weighted by Crippen LogP contribution is -2.37. The Kier molecular flexibility index (Phi) is 4.02. The van der Waals surface area contributed by atoms with Gasteiger partial charge in [-0.25, -0.2) is 17.6 Å². The van der Waals surface area contributed by atoms with Crippen molar-refractivity contribution in [1.82, 2.24) is 9.62 Å². The largest absolute Gasteiger partial charge is 0.339 e. The molecule has 2 aromatic rings. The molecule has 0 aliphatic carbocycles. The molecule has 1 atom stereocenters. The monoisotopic (exact) mass is 368 g/mol. The van der Waals surface area contributed by atoms with E-state index in [4.69, 9.17) is 11.6 Å². The molecule has 0 aromatic heterocycles. The Morgan fingerprint density at radius 2 is 1.67 bits per heavy atom. The van der Waals surface area contributed by atoms with E-state index in [1.54, 1.807) is 0 Å². The number of benzene rings is 2. The Morgan fingerprint density at radius 3 is 2.29 bits per heavy atom. The number of amides is 3. The highest BCUT2D eigenvalue weighted by Gasteiger charge is 2.47. The molecule has 2 aromatic carbocycles. The zero-order valence-electron chi connectivity index (χ0n) is 11.9. The molecule has 1 heterocycles. The van der Waals surface area contributed by atoms with Crippen molar-refractivity contribution >= 4 is 33.6 Å². The van der Waals surface area contributed by atoms with Gasteiger partial charge in [-0.05, 0) is 30.3 Å². The van der Waals surface area contributed by atoms with Crippen LogP contribution in [-0.2, 0) is 14.8 Å². The SMILES string of the molecule is O=C1N[C@@H](c2ccccc2F)C(=O)N1S(=O)(=O)c1ccc(Cl)cc1. The maximum atomic E-state index is 13.8. The molecule has 6 nitrogen and oxygen atoms in total. The number of imide groups is 1. The summed E-state index contributed by atoms with van der Waals surface area (Å²) < 4.78 is 39.0. The van der Waals surface area contributed by atoms with Gasteiger partial charge < -0.3 is 5.32 Å². The van der Waals surface area contributed by atoms with Crippen LogP contribution in [0.15, 0.2) is 53.4 Å². The number of rotatable bonds is 3. The standard InChI is InChI=1S/C15H10ClFN2O4S/c16-9-5-7-10(8-6-9)24(22,23)19-14(20)13(18-15(19)21)11-3-1-2-4-12(11)17/h1-8,13H,(H,18,21)/t13-/m0/s1. The quantitative estimate of drug-likeness (QED) is 0.843. The van der Waals surface area contributed by atoms with E-state index in [9.17, 15) is 22.4 Å². The van der Waals surface area contributed by atoms with Gasteiger partial charge in [0.2, 0.25) is 0 Å². The summed E-state index contributed by atoms with van der Waals surface area (Å²) in [6.45, 7) is 0. The van der Waals surface area contributed by atoms with E-state index < -0.39 is 33.8 Å². The molecule has 1 aliphatic rings. The van der Waals surface area contributed by atoms with Crippen molar-refractivity contribution in [2.75, 3.05) is 0 Å². The highest BCUT2D eigenvalue weighted by molar-refractivity contribution is 7.90. The maximum absolute atomic E-state index is 13.8. The molecule has 1 aliphatic heterocycles. The average Bonchev–Trinajstić information content (AvgIpc) is 2.83. The smallest absolute Gasteiger partial charge is 0.321 e. The molecule has 0 saturated carbocycles. The summed E-state index contributed by atoms with van der Waals surface area (Å²) in [5.74, 6) is -1.79.